The third kappa shape index (κ3) is 4.45. The summed E-state index contributed by atoms with van der Waals surface area (Å²) in [5, 5.41) is 2.83. The van der Waals surface area contributed by atoms with Gasteiger partial charge in [-0.3, -0.25) is 9.78 Å². The summed E-state index contributed by atoms with van der Waals surface area (Å²) < 4.78 is 5.50. The number of carbonyl (C=O) groups excluding carboxylic acids is 2. The molecule has 0 saturated carbocycles. The van der Waals surface area contributed by atoms with E-state index in [9.17, 15) is 9.59 Å². The summed E-state index contributed by atoms with van der Waals surface area (Å²) in [6.07, 6.45) is 2.88. The molecule has 156 valence electrons. The van der Waals surface area contributed by atoms with Crippen LogP contribution in [0.5, 0.6) is 0 Å². The second-order valence-corrected chi connectivity index (χ2v) is 7.17. The smallest absolute Gasteiger partial charge is 0.338 e. The van der Waals surface area contributed by atoms with Crippen molar-refractivity contribution in [3.63, 3.8) is 0 Å². The lowest BCUT2D eigenvalue weighted by Gasteiger charge is -2.17. The number of pyridine rings is 1. The van der Waals surface area contributed by atoms with Gasteiger partial charge in [-0.05, 0) is 55.3 Å². The van der Waals surface area contributed by atoms with Gasteiger partial charge in [0.2, 0.25) is 0 Å². The number of carbonyl (C=O) groups is 2. The van der Waals surface area contributed by atoms with Gasteiger partial charge >= 0.3 is 5.97 Å². The molecule has 2 N–H and O–H groups in total. The molecule has 1 amide bonds. The Morgan fingerprint density at radius 3 is 2.71 bits per heavy atom. The Hall–Kier alpha value is -4.00. The van der Waals surface area contributed by atoms with E-state index in [1.807, 2.05) is 43.3 Å². The summed E-state index contributed by atoms with van der Waals surface area (Å²) in [5.74, 6) is -0.254. The normalized spacial score (nSPS) is 11.8. The molecule has 7 nitrogen and oxygen atoms in total. The first-order valence-electron chi connectivity index (χ1n) is 10.0. The van der Waals surface area contributed by atoms with E-state index in [2.05, 4.69) is 20.3 Å². The number of fused-ring (bicyclic) bond motifs is 1. The second kappa shape index (κ2) is 8.79. The number of nitrogens with one attached hydrogen (secondary N) is 2. The number of aryl methyl sites for hydroxylation is 1. The van der Waals surface area contributed by atoms with Crippen molar-refractivity contribution in [1.29, 1.82) is 0 Å². The van der Waals surface area contributed by atoms with Crippen molar-refractivity contribution >= 4 is 28.6 Å². The maximum atomic E-state index is 12.7. The van der Waals surface area contributed by atoms with Crippen LogP contribution < -0.4 is 5.32 Å². The van der Waals surface area contributed by atoms with Gasteiger partial charge in [-0.25, -0.2) is 9.78 Å². The standard InChI is InChI=1S/C24H22N4O3/c1-3-21(23(29)28-18-9-5-4-7-15(18)2)31-24(30)16-10-11-19-20(13-16)27-22(26-19)17-8-6-12-25-14-17/h4-14,21H,3H2,1-2H3,(H,26,27)(H,28,29). The van der Waals surface area contributed by atoms with Crippen molar-refractivity contribution in [3.05, 3.63) is 78.1 Å². The molecule has 0 spiro atoms. The number of rotatable bonds is 6. The Morgan fingerprint density at radius 2 is 1.97 bits per heavy atom. The van der Waals surface area contributed by atoms with Crippen molar-refractivity contribution in [3.8, 4) is 11.4 Å². The highest BCUT2D eigenvalue weighted by atomic mass is 16.5. The average Bonchev–Trinajstić information content (AvgIpc) is 3.23. The Balaban J connectivity index is 1.50. The number of aromatic nitrogens is 3. The zero-order chi connectivity index (χ0) is 21.8. The highest BCUT2D eigenvalue weighted by Gasteiger charge is 2.23. The summed E-state index contributed by atoms with van der Waals surface area (Å²) in [6, 6.07) is 16.3. The van der Waals surface area contributed by atoms with E-state index in [0.717, 1.165) is 16.6 Å². The molecule has 0 saturated heterocycles. The minimum absolute atomic E-state index is 0.344. The van der Waals surface area contributed by atoms with Crippen LogP contribution in [0.15, 0.2) is 67.0 Å². The number of para-hydroxylation sites is 1. The Labute approximate surface area is 179 Å². The molecule has 1 unspecified atom stereocenters. The third-order valence-corrected chi connectivity index (χ3v) is 4.97. The number of hydrogen-bond acceptors (Lipinski definition) is 5. The summed E-state index contributed by atoms with van der Waals surface area (Å²) >= 11 is 0. The van der Waals surface area contributed by atoms with Crippen LogP contribution in [0.1, 0.15) is 29.3 Å². The number of hydrogen-bond donors (Lipinski definition) is 2. The number of esters is 1. The molecule has 2 heterocycles. The van der Waals surface area contributed by atoms with Gasteiger partial charge in [0.05, 0.1) is 16.6 Å². The van der Waals surface area contributed by atoms with Gasteiger partial charge in [0.15, 0.2) is 6.10 Å². The highest BCUT2D eigenvalue weighted by Crippen LogP contribution is 2.21. The maximum absolute atomic E-state index is 12.7. The van der Waals surface area contributed by atoms with Crippen LogP contribution in [-0.2, 0) is 9.53 Å². The fourth-order valence-electron chi connectivity index (χ4n) is 3.22. The summed E-state index contributed by atoms with van der Waals surface area (Å²) in [7, 11) is 0. The molecule has 0 aliphatic heterocycles. The number of ether oxygens (including phenoxy) is 1. The molecule has 7 heteroatoms. The molecule has 0 aliphatic carbocycles. The zero-order valence-corrected chi connectivity index (χ0v) is 17.3. The number of aromatic amines is 1. The maximum Gasteiger partial charge on any atom is 0.338 e. The van der Waals surface area contributed by atoms with Crippen LogP contribution in [0.4, 0.5) is 5.69 Å². The lowest BCUT2D eigenvalue weighted by atomic mass is 10.1. The van der Waals surface area contributed by atoms with Gasteiger partial charge in [-0.1, -0.05) is 25.1 Å². The van der Waals surface area contributed by atoms with Gasteiger partial charge in [-0.15, -0.1) is 0 Å². The van der Waals surface area contributed by atoms with E-state index in [1.165, 1.54) is 0 Å². The highest BCUT2D eigenvalue weighted by molar-refractivity contribution is 5.99. The summed E-state index contributed by atoms with van der Waals surface area (Å²) in [4.78, 5) is 37.2. The Bertz CT molecular complexity index is 1230. The van der Waals surface area contributed by atoms with Crippen LogP contribution in [0.2, 0.25) is 0 Å². The van der Waals surface area contributed by atoms with Crippen LogP contribution in [0.25, 0.3) is 22.4 Å². The van der Waals surface area contributed by atoms with Gasteiger partial charge < -0.3 is 15.0 Å². The van der Waals surface area contributed by atoms with Crippen LogP contribution >= 0.6 is 0 Å². The van der Waals surface area contributed by atoms with E-state index in [1.54, 1.807) is 37.5 Å². The molecule has 0 fully saturated rings. The lowest BCUT2D eigenvalue weighted by molar-refractivity contribution is -0.124. The van der Waals surface area contributed by atoms with Crippen molar-refractivity contribution in [1.82, 2.24) is 15.0 Å². The molecule has 4 rings (SSSR count). The van der Waals surface area contributed by atoms with E-state index < -0.39 is 12.1 Å². The van der Waals surface area contributed by atoms with Crippen molar-refractivity contribution in [2.75, 3.05) is 5.32 Å². The largest absolute Gasteiger partial charge is 0.449 e. The predicted molar refractivity (Wildman–Crippen MR) is 119 cm³/mol. The second-order valence-electron chi connectivity index (χ2n) is 7.17. The number of nitrogens with zero attached hydrogens (tertiary/aromatic N) is 2. The number of benzene rings is 2. The van der Waals surface area contributed by atoms with E-state index in [-0.39, 0.29) is 5.91 Å². The molecule has 0 radical (unpaired) electrons. The SMILES string of the molecule is CCC(OC(=O)c1ccc2nc(-c3cccnc3)[nH]c2c1)C(=O)Nc1ccccc1C. The number of imidazole rings is 1. The van der Waals surface area contributed by atoms with Crippen molar-refractivity contribution in [2.45, 2.75) is 26.4 Å². The topological polar surface area (TPSA) is 97.0 Å². The number of anilines is 1. The molecule has 2 aromatic heterocycles. The van der Waals surface area contributed by atoms with Crippen molar-refractivity contribution in [2.24, 2.45) is 0 Å². The minimum Gasteiger partial charge on any atom is -0.449 e. The van der Waals surface area contributed by atoms with E-state index in [4.69, 9.17) is 4.74 Å². The Morgan fingerprint density at radius 1 is 1.13 bits per heavy atom. The van der Waals surface area contributed by atoms with Gasteiger partial charge in [-0.2, -0.15) is 0 Å². The lowest BCUT2D eigenvalue weighted by Crippen LogP contribution is -2.32. The Kier molecular flexibility index (Phi) is 5.75. The molecule has 1 atom stereocenters. The van der Waals surface area contributed by atoms with Crippen molar-refractivity contribution < 1.29 is 14.3 Å². The minimum atomic E-state index is -0.893. The van der Waals surface area contributed by atoms with Crippen LogP contribution in [0, 0.1) is 6.92 Å². The molecular formula is C24H22N4O3. The fourth-order valence-corrected chi connectivity index (χ4v) is 3.22. The fraction of sp³-hybridized carbons (Fsp3) is 0.167. The first kappa shape index (κ1) is 20.3. The van der Waals surface area contributed by atoms with Gasteiger partial charge in [0.25, 0.3) is 5.91 Å². The van der Waals surface area contributed by atoms with Crippen LogP contribution in [0.3, 0.4) is 0 Å². The third-order valence-electron chi connectivity index (χ3n) is 4.97. The monoisotopic (exact) mass is 414 g/mol. The van der Waals surface area contributed by atoms with Crippen LogP contribution in [-0.4, -0.2) is 32.9 Å². The summed E-state index contributed by atoms with van der Waals surface area (Å²) in [5.41, 5.74) is 4.25. The molecular weight excluding hydrogens is 392 g/mol. The first-order valence-corrected chi connectivity index (χ1v) is 10.0. The first-order chi connectivity index (χ1) is 15.0. The molecule has 0 bridgehead atoms. The number of H-pyrrole nitrogens is 1. The average molecular weight is 414 g/mol. The number of amides is 1. The molecule has 31 heavy (non-hydrogen) atoms. The quantitative estimate of drug-likeness (QED) is 0.453. The van der Waals surface area contributed by atoms with Gasteiger partial charge in [0, 0.05) is 23.6 Å². The van der Waals surface area contributed by atoms with E-state index >= 15 is 0 Å². The predicted octanol–water partition coefficient (Wildman–Crippen LogP) is 4.51. The summed E-state index contributed by atoms with van der Waals surface area (Å²) in [6.45, 7) is 3.70. The molecule has 2 aromatic carbocycles. The molecule has 0 aliphatic rings. The van der Waals surface area contributed by atoms with Gasteiger partial charge in [0.1, 0.15) is 5.82 Å². The van der Waals surface area contributed by atoms with E-state index in [0.29, 0.717) is 29.0 Å². The molecule has 4 aromatic rings. The zero-order valence-electron chi connectivity index (χ0n) is 17.3.